The van der Waals surface area contributed by atoms with Crippen molar-refractivity contribution in [2.24, 2.45) is 17.8 Å². The number of nitrogens with one attached hydrogen (secondary N) is 2. The van der Waals surface area contributed by atoms with E-state index in [-0.39, 0.29) is 17.6 Å². The molecule has 1 amide bonds. The lowest BCUT2D eigenvalue weighted by molar-refractivity contribution is -0.117. The molecule has 112 valence electrons. The van der Waals surface area contributed by atoms with Crippen molar-refractivity contribution < 1.29 is 9.18 Å². The van der Waals surface area contributed by atoms with E-state index in [1.165, 1.54) is 25.7 Å². The van der Waals surface area contributed by atoms with Gasteiger partial charge < -0.3 is 10.6 Å². The van der Waals surface area contributed by atoms with Gasteiger partial charge in [-0.1, -0.05) is 18.9 Å². The van der Waals surface area contributed by atoms with Gasteiger partial charge in [-0.05, 0) is 54.8 Å². The highest BCUT2D eigenvalue weighted by atomic mass is 19.1. The smallest absolute Gasteiger partial charge is 0.228 e. The van der Waals surface area contributed by atoms with Crippen LogP contribution in [-0.4, -0.2) is 12.5 Å². The molecule has 0 spiro atoms. The third-order valence-corrected chi connectivity index (χ3v) is 5.42. The van der Waals surface area contributed by atoms with Crippen molar-refractivity contribution in [1.82, 2.24) is 5.32 Å². The van der Waals surface area contributed by atoms with Gasteiger partial charge in [0.15, 0.2) is 0 Å². The lowest BCUT2D eigenvalue weighted by Gasteiger charge is -2.19. The molecule has 21 heavy (non-hydrogen) atoms. The van der Waals surface area contributed by atoms with E-state index in [4.69, 9.17) is 0 Å². The number of halogens is 1. The van der Waals surface area contributed by atoms with Crippen LogP contribution < -0.4 is 10.6 Å². The summed E-state index contributed by atoms with van der Waals surface area (Å²) in [6.07, 6.45) is 5.51. The van der Waals surface area contributed by atoms with E-state index in [0.717, 1.165) is 17.7 Å². The number of carbonyl (C=O) groups is 1. The molecule has 1 heterocycles. The maximum atomic E-state index is 14.5. The van der Waals surface area contributed by atoms with Gasteiger partial charge in [0.05, 0.1) is 5.69 Å². The van der Waals surface area contributed by atoms with Gasteiger partial charge in [-0.3, -0.25) is 4.79 Å². The zero-order chi connectivity index (χ0) is 14.4. The molecule has 0 aromatic heterocycles. The van der Waals surface area contributed by atoms with E-state index in [1.54, 1.807) is 6.07 Å². The van der Waals surface area contributed by atoms with Gasteiger partial charge in [0, 0.05) is 12.5 Å². The fourth-order valence-corrected chi connectivity index (χ4v) is 4.23. The lowest BCUT2D eigenvalue weighted by Crippen LogP contribution is -2.25. The maximum Gasteiger partial charge on any atom is 0.228 e. The summed E-state index contributed by atoms with van der Waals surface area (Å²) < 4.78 is 14.5. The van der Waals surface area contributed by atoms with Crippen molar-refractivity contribution in [3.8, 4) is 0 Å². The highest BCUT2D eigenvalue weighted by molar-refractivity contribution is 5.95. The van der Waals surface area contributed by atoms with E-state index in [1.807, 2.05) is 6.07 Å². The first-order chi connectivity index (χ1) is 10.3. The van der Waals surface area contributed by atoms with E-state index in [9.17, 15) is 9.18 Å². The predicted molar refractivity (Wildman–Crippen MR) is 79.4 cm³/mol. The van der Waals surface area contributed by atoms with Crippen LogP contribution in [0, 0.1) is 23.6 Å². The molecule has 0 bridgehead atoms. The SMILES string of the molecule is O=C(Nc1ccc2c(c1F)CCNC2)C1C2CCCCC21. The van der Waals surface area contributed by atoms with Crippen LogP contribution in [0.2, 0.25) is 0 Å². The van der Waals surface area contributed by atoms with Crippen LogP contribution in [0.1, 0.15) is 36.8 Å². The Morgan fingerprint density at radius 2 is 2.00 bits per heavy atom. The Balaban J connectivity index is 1.51. The third kappa shape index (κ3) is 2.26. The second-order valence-electron chi connectivity index (χ2n) is 6.62. The Morgan fingerprint density at radius 1 is 1.24 bits per heavy atom. The van der Waals surface area contributed by atoms with E-state index < -0.39 is 0 Å². The number of rotatable bonds is 2. The molecule has 2 aliphatic carbocycles. The number of carbonyl (C=O) groups excluding carboxylic acids is 1. The molecule has 0 saturated heterocycles. The Hall–Kier alpha value is -1.42. The fraction of sp³-hybridized carbons (Fsp3) is 0.588. The summed E-state index contributed by atoms with van der Waals surface area (Å²) in [4.78, 5) is 12.4. The summed E-state index contributed by atoms with van der Waals surface area (Å²) in [6.45, 7) is 1.52. The Morgan fingerprint density at radius 3 is 2.76 bits per heavy atom. The molecule has 2 fully saturated rings. The van der Waals surface area contributed by atoms with Crippen LogP contribution in [0.5, 0.6) is 0 Å². The van der Waals surface area contributed by atoms with Crippen LogP contribution in [-0.2, 0) is 17.8 Å². The van der Waals surface area contributed by atoms with E-state index in [0.29, 0.717) is 30.5 Å². The van der Waals surface area contributed by atoms with Crippen molar-refractivity contribution in [3.05, 3.63) is 29.1 Å². The molecule has 2 N–H and O–H groups in total. The normalized spacial score (nSPS) is 30.2. The van der Waals surface area contributed by atoms with Gasteiger partial charge in [0.25, 0.3) is 0 Å². The van der Waals surface area contributed by atoms with Crippen molar-refractivity contribution in [1.29, 1.82) is 0 Å². The Bertz CT molecular complexity index is 574. The number of hydrogen-bond acceptors (Lipinski definition) is 2. The van der Waals surface area contributed by atoms with Crippen molar-refractivity contribution in [3.63, 3.8) is 0 Å². The van der Waals surface area contributed by atoms with Crippen LogP contribution in [0.4, 0.5) is 10.1 Å². The lowest BCUT2D eigenvalue weighted by atomic mass is 9.99. The summed E-state index contributed by atoms with van der Waals surface area (Å²) >= 11 is 0. The zero-order valence-electron chi connectivity index (χ0n) is 12.1. The number of amides is 1. The summed E-state index contributed by atoms with van der Waals surface area (Å²) in [5.41, 5.74) is 2.14. The second-order valence-corrected chi connectivity index (χ2v) is 6.62. The topological polar surface area (TPSA) is 41.1 Å². The molecule has 1 aliphatic heterocycles. The van der Waals surface area contributed by atoms with Crippen LogP contribution in [0.25, 0.3) is 0 Å². The van der Waals surface area contributed by atoms with Gasteiger partial charge >= 0.3 is 0 Å². The molecule has 1 aromatic rings. The summed E-state index contributed by atoms with van der Waals surface area (Å²) in [5.74, 6) is 1.04. The quantitative estimate of drug-likeness (QED) is 0.878. The predicted octanol–water partition coefficient (Wildman–Crippen LogP) is 2.85. The summed E-state index contributed by atoms with van der Waals surface area (Å²) in [6, 6.07) is 3.64. The average Bonchev–Trinajstić information content (AvgIpc) is 3.25. The average molecular weight is 288 g/mol. The Kier molecular flexibility index (Phi) is 3.21. The van der Waals surface area contributed by atoms with Crippen LogP contribution >= 0.6 is 0 Å². The minimum atomic E-state index is -0.231. The molecule has 2 atom stereocenters. The van der Waals surface area contributed by atoms with Gasteiger partial charge in [0.1, 0.15) is 5.82 Å². The zero-order valence-corrected chi connectivity index (χ0v) is 12.1. The third-order valence-electron chi connectivity index (χ3n) is 5.42. The second kappa shape index (κ2) is 5.09. The minimum Gasteiger partial charge on any atom is -0.323 e. The van der Waals surface area contributed by atoms with Gasteiger partial charge in [-0.15, -0.1) is 0 Å². The first-order valence-electron chi connectivity index (χ1n) is 8.07. The first-order valence-corrected chi connectivity index (χ1v) is 8.07. The van der Waals surface area contributed by atoms with E-state index >= 15 is 0 Å². The molecule has 2 saturated carbocycles. The number of fused-ring (bicyclic) bond motifs is 2. The monoisotopic (exact) mass is 288 g/mol. The van der Waals surface area contributed by atoms with Crippen molar-refractivity contribution in [2.75, 3.05) is 11.9 Å². The number of benzene rings is 1. The molecule has 4 rings (SSSR count). The van der Waals surface area contributed by atoms with Crippen molar-refractivity contribution >= 4 is 11.6 Å². The summed E-state index contributed by atoms with van der Waals surface area (Å²) in [7, 11) is 0. The van der Waals surface area contributed by atoms with Gasteiger partial charge in [-0.25, -0.2) is 4.39 Å². The van der Waals surface area contributed by atoms with Gasteiger partial charge in [-0.2, -0.15) is 0 Å². The molecular weight excluding hydrogens is 267 g/mol. The summed E-state index contributed by atoms with van der Waals surface area (Å²) in [5, 5.41) is 6.08. The minimum absolute atomic E-state index is 0.0275. The molecule has 3 aliphatic rings. The highest BCUT2D eigenvalue weighted by Crippen LogP contribution is 2.55. The fourth-order valence-electron chi connectivity index (χ4n) is 4.23. The van der Waals surface area contributed by atoms with E-state index in [2.05, 4.69) is 10.6 Å². The highest BCUT2D eigenvalue weighted by Gasteiger charge is 2.54. The molecule has 1 aromatic carbocycles. The first kappa shape index (κ1) is 13.3. The number of anilines is 1. The van der Waals surface area contributed by atoms with Crippen LogP contribution in [0.15, 0.2) is 12.1 Å². The molecule has 4 heteroatoms. The standard InChI is InChI=1S/C17H21FN2O/c18-16-11-7-8-19-9-10(11)5-6-14(16)20-17(21)15-12-3-1-2-4-13(12)15/h5-6,12-13,15,19H,1-4,7-9H2,(H,20,21). The van der Waals surface area contributed by atoms with Gasteiger partial charge in [0.2, 0.25) is 5.91 Å². The molecule has 3 nitrogen and oxygen atoms in total. The molecular formula is C17H21FN2O. The largest absolute Gasteiger partial charge is 0.323 e. The van der Waals surface area contributed by atoms with Crippen molar-refractivity contribution in [2.45, 2.75) is 38.6 Å². The molecule has 2 unspecified atom stereocenters. The maximum absolute atomic E-state index is 14.5. The van der Waals surface area contributed by atoms with Crippen LogP contribution in [0.3, 0.4) is 0 Å². The molecule has 0 radical (unpaired) electrons. The Labute approximate surface area is 124 Å². The number of hydrogen-bond donors (Lipinski definition) is 2.